The first kappa shape index (κ1) is 12.4. The highest BCUT2D eigenvalue weighted by Crippen LogP contribution is 2.27. The zero-order valence-corrected chi connectivity index (χ0v) is 10.8. The summed E-state index contributed by atoms with van der Waals surface area (Å²) in [6.45, 7) is -0.0764. The molecule has 3 heterocycles. The summed E-state index contributed by atoms with van der Waals surface area (Å²) < 4.78 is 0. The molecule has 0 spiro atoms. The number of aliphatic hydroxyl groups is 1. The Balaban J connectivity index is 2.15. The average Bonchev–Trinajstić information content (AvgIpc) is 2.56. The normalized spacial score (nSPS) is 10.4. The minimum Gasteiger partial charge on any atom is -0.390 e. The van der Waals surface area contributed by atoms with Gasteiger partial charge in [0.25, 0.3) is 0 Å². The van der Waals surface area contributed by atoms with Crippen LogP contribution in [0, 0.1) is 0 Å². The Labute approximate surface area is 116 Å². The number of nitrogens with zero attached hydrogens (tertiary/aromatic N) is 3. The zero-order chi connectivity index (χ0) is 13.8. The Hall–Kier alpha value is -2.59. The van der Waals surface area contributed by atoms with Crippen molar-refractivity contribution >= 4 is 0 Å². The molecule has 0 aliphatic carbocycles. The Morgan fingerprint density at radius 1 is 0.800 bits per heavy atom. The molecule has 20 heavy (non-hydrogen) atoms. The monoisotopic (exact) mass is 263 g/mol. The number of aromatic nitrogens is 3. The van der Waals surface area contributed by atoms with Gasteiger partial charge in [0.15, 0.2) is 0 Å². The molecular formula is C16H13N3O. The van der Waals surface area contributed by atoms with E-state index in [2.05, 4.69) is 15.0 Å². The second-order valence-corrected chi connectivity index (χ2v) is 4.29. The molecule has 1 N–H and O–H groups in total. The fourth-order valence-corrected chi connectivity index (χ4v) is 2.04. The Morgan fingerprint density at radius 2 is 1.65 bits per heavy atom. The highest BCUT2D eigenvalue weighted by atomic mass is 16.3. The molecule has 3 aromatic rings. The van der Waals surface area contributed by atoms with Crippen LogP contribution < -0.4 is 0 Å². The summed E-state index contributed by atoms with van der Waals surface area (Å²) in [5, 5.41) is 9.20. The second-order valence-electron chi connectivity index (χ2n) is 4.29. The van der Waals surface area contributed by atoms with Gasteiger partial charge in [-0.05, 0) is 36.4 Å². The number of hydrogen-bond donors (Lipinski definition) is 1. The van der Waals surface area contributed by atoms with Crippen LogP contribution in [-0.4, -0.2) is 20.1 Å². The van der Waals surface area contributed by atoms with Crippen molar-refractivity contribution in [1.82, 2.24) is 15.0 Å². The van der Waals surface area contributed by atoms with Crippen molar-refractivity contribution in [2.45, 2.75) is 6.61 Å². The van der Waals surface area contributed by atoms with Gasteiger partial charge in [0, 0.05) is 18.0 Å². The smallest absolute Gasteiger partial charge is 0.0980 e. The Kier molecular flexibility index (Phi) is 3.48. The molecule has 0 aliphatic rings. The third-order valence-corrected chi connectivity index (χ3v) is 2.96. The van der Waals surface area contributed by atoms with Gasteiger partial charge in [0.1, 0.15) is 0 Å². The van der Waals surface area contributed by atoms with E-state index >= 15 is 0 Å². The summed E-state index contributed by atoms with van der Waals surface area (Å²) in [7, 11) is 0. The van der Waals surface area contributed by atoms with Gasteiger partial charge in [0.2, 0.25) is 0 Å². The minimum atomic E-state index is -0.0764. The molecular weight excluding hydrogens is 250 g/mol. The van der Waals surface area contributed by atoms with Gasteiger partial charge in [0.05, 0.1) is 29.4 Å². The van der Waals surface area contributed by atoms with Gasteiger partial charge in [-0.3, -0.25) is 15.0 Å². The molecule has 4 heteroatoms. The van der Waals surface area contributed by atoms with Gasteiger partial charge < -0.3 is 5.11 Å². The molecule has 0 amide bonds. The largest absolute Gasteiger partial charge is 0.390 e. The van der Waals surface area contributed by atoms with E-state index in [0.29, 0.717) is 5.69 Å². The number of aliphatic hydroxyl groups excluding tert-OH is 1. The lowest BCUT2D eigenvalue weighted by Crippen LogP contribution is -1.95. The van der Waals surface area contributed by atoms with Crippen molar-refractivity contribution in [3.63, 3.8) is 0 Å². The summed E-state index contributed by atoms with van der Waals surface area (Å²) in [6, 6.07) is 15.1. The summed E-state index contributed by atoms with van der Waals surface area (Å²) in [6.07, 6.45) is 3.48. The maximum absolute atomic E-state index is 9.20. The summed E-state index contributed by atoms with van der Waals surface area (Å²) in [5.41, 5.74) is 3.92. The van der Waals surface area contributed by atoms with Gasteiger partial charge in [-0.2, -0.15) is 0 Å². The Morgan fingerprint density at radius 3 is 2.45 bits per heavy atom. The van der Waals surface area contributed by atoms with E-state index in [4.69, 9.17) is 0 Å². The molecule has 0 radical (unpaired) electrons. The predicted octanol–water partition coefficient (Wildman–Crippen LogP) is 2.70. The van der Waals surface area contributed by atoms with Gasteiger partial charge >= 0.3 is 0 Å². The maximum atomic E-state index is 9.20. The van der Waals surface area contributed by atoms with Crippen LogP contribution in [0.4, 0.5) is 0 Å². The first-order chi connectivity index (χ1) is 9.88. The van der Waals surface area contributed by atoms with Crippen LogP contribution in [0.3, 0.4) is 0 Å². The molecule has 98 valence electrons. The van der Waals surface area contributed by atoms with E-state index in [0.717, 1.165) is 22.6 Å². The van der Waals surface area contributed by atoms with Crippen LogP contribution in [0.25, 0.3) is 22.6 Å². The van der Waals surface area contributed by atoms with Gasteiger partial charge in [-0.1, -0.05) is 12.1 Å². The van der Waals surface area contributed by atoms with E-state index in [9.17, 15) is 5.11 Å². The van der Waals surface area contributed by atoms with Crippen LogP contribution in [-0.2, 0) is 6.61 Å². The fraction of sp³-hybridized carbons (Fsp3) is 0.0625. The predicted molar refractivity (Wildman–Crippen MR) is 76.6 cm³/mol. The molecule has 0 atom stereocenters. The van der Waals surface area contributed by atoms with Crippen LogP contribution in [0.1, 0.15) is 5.69 Å². The van der Waals surface area contributed by atoms with Crippen molar-refractivity contribution < 1.29 is 5.11 Å². The van der Waals surface area contributed by atoms with E-state index in [1.807, 2.05) is 42.5 Å². The first-order valence-corrected chi connectivity index (χ1v) is 6.32. The average molecular weight is 263 g/mol. The fourth-order valence-electron chi connectivity index (χ4n) is 2.04. The van der Waals surface area contributed by atoms with E-state index in [1.54, 1.807) is 18.5 Å². The van der Waals surface area contributed by atoms with E-state index < -0.39 is 0 Å². The molecule has 0 fully saturated rings. The summed E-state index contributed by atoms with van der Waals surface area (Å²) in [4.78, 5) is 13.2. The third-order valence-electron chi connectivity index (χ3n) is 2.96. The molecule has 3 aromatic heterocycles. The van der Waals surface area contributed by atoms with Crippen LogP contribution in [0.5, 0.6) is 0 Å². The van der Waals surface area contributed by atoms with Crippen molar-refractivity contribution in [3.05, 3.63) is 66.6 Å². The van der Waals surface area contributed by atoms with Gasteiger partial charge in [-0.25, -0.2) is 0 Å². The highest BCUT2D eigenvalue weighted by Gasteiger charge is 2.10. The third kappa shape index (κ3) is 2.41. The van der Waals surface area contributed by atoms with Crippen molar-refractivity contribution in [2.24, 2.45) is 0 Å². The lowest BCUT2D eigenvalue weighted by Gasteiger charge is -2.08. The molecule has 0 saturated carbocycles. The van der Waals surface area contributed by atoms with E-state index in [-0.39, 0.29) is 6.61 Å². The van der Waals surface area contributed by atoms with Crippen molar-refractivity contribution in [2.75, 3.05) is 0 Å². The lowest BCUT2D eigenvalue weighted by atomic mass is 10.1. The van der Waals surface area contributed by atoms with Crippen LogP contribution in [0.15, 0.2) is 60.9 Å². The van der Waals surface area contributed by atoms with Crippen molar-refractivity contribution in [1.29, 1.82) is 0 Å². The first-order valence-electron chi connectivity index (χ1n) is 6.32. The number of pyridine rings is 3. The molecule has 0 saturated heterocycles. The zero-order valence-electron chi connectivity index (χ0n) is 10.8. The quantitative estimate of drug-likeness (QED) is 0.789. The lowest BCUT2D eigenvalue weighted by molar-refractivity contribution is 0.277. The molecule has 4 nitrogen and oxygen atoms in total. The second kappa shape index (κ2) is 5.59. The molecule has 0 aromatic carbocycles. The Bertz CT molecular complexity index is 714. The maximum Gasteiger partial charge on any atom is 0.0980 e. The SMILES string of the molecule is OCc1cccc(-c2cccnc2-c2ccccn2)n1. The number of hydrogen-bond acceptors (Lipinski definition) is 4. The standard InChI is InChI=1S/C16H13N3O/c20-11-12-5-3-8-14(19-12)13-6-4-10-18-16(13)15-7-1-2-9-17-15/h1-10,20H,11H2. The molecule has 0 unspecified atom stereocenters. The highest BCUT2D eigenvalue weighted by molar-refractivity contribution is 5.76. The molecule has 0 bridgehead atoms. The minimum absolute atomic E-state index is 0.0764. The summed E-state index contributed by atoms with van der Waals surface area (Å²) in [5.74, 6) is 0. The molecule has 3 rings (SSSR count). The van der Waals surface area contributed by atoms with Crippen LogP contribution >= 0.6 is 0 Å². The topological polar surface area (TPSA) is 58.9 Å². The summed E-state index contributed by atoms with van der Waals surface area (Å²) >= 11 is 0. The van der Waals surface area contributed by atoms with Crippen LogP contribution in [0.2, 0.25) is 0 Å². The molecule has 0 aliphatic heterocycles. The van der Waals surface area contributed by atoms with E-state index in [1.165, 1.54) is 0 Å². The van der Waals surface area contributed by atoms with Gasteiger partial charge in [-0.15, -0.1) is 0 Å². The number of rotatable bonds is 3. The van der Waals surface area contributed by atoms with Crippen molar-refractivity contribution in [3.8, 4) is 22.6 Å².